The maximum Gasteiger partial charge on any atom is 0.254 e. The monoisotopic (exact) mass is 368 g/mol. The maximum absolute atomic E-state index is 13.0. The van der Waals surface area contributed by atoms with Crippen molar-refractivity contribution in [2.75, 3.05) is 26.2 Å². The molecule has 4 nitrogen and oxygen atoms in total. The normalized spacial score (nSPS) is 21.2. The van der Waals surface area contributed by atoms with Crippen molar-refractivity contribution in [1.82, 2.24) is 9.80 Å². The van der Waals surface area contributed by atoms with E-state index in [4.69, 9.17) is 4.74 Å². The van der Waals surface area contributed by atoms with Gasteiger partial charge in [-0.3, -0.25) is 9.69 Å². The van der Waals surface area contributed by atoms with Crippen molar-refractivity contribution in [3.8, 4) is 5.75 Å². The van der Waals surface area contributed by atoms with E-state index in [9.17, 15) is 9.18 Å². The zero-order chi connectivity index (χ0) is 18.8. The standard InChI is InChI=1S/C22H25FN2O2/c1-16(14-25-12-10-17-4-2-3-5-21(17)22(25)26)24-13-11-20(15-24)27-19-8-6-18(23)7-9-19/h2-9,16,20H,10-15H2,1H3/t16?,20-/m1/s1. The van der Waals surface area contributed by atoms with Gasteiger partial charge in [-0.1, -0.05) is 18.2 Å². The van der Waals surface area contributed by atoms with Gasteiger partial charge in [-0.25, -0.2) is 4.39 Å². The van der Waals surface area contributed by atoms with Crippen molar-refractivity contribution in [2.24, 2.45) is 0 Å². The van der Waals surface area contributed by atoms with E-state index in [0.29, 0.717) is 5.75 Å². The van der Waals surface area contributed by atoms with E-state index in [0.717, 1.165) is 50.1 Å². The number of hydrogen-bond donors (Lipinski definition) is 0. The van der Waals surface area contributed by atoms with E-state index in [1.165, 1.54) is 12.1 Å². The number of amides is 1. The first-order valence-electron chi connectivity index (χ1n) is 9.63. The van der Waals surface area contributed by atoms with Gasteiger partial charge >= 0.3 is 0 Å². The van der Waals surface area contributed by atoms with Crippen molar-refractivity contribution in [2.45, 2.75) is 31.9 Å². The highest BCUT2D eigenvalue weighted by Crippen LogP contribution is 2.23. The van der Waals surface area contributed by atoms with Crippen LogP contribution >= 0.6 is 0 Å². The number of benzene rings is 2. The second-order valence-electron chi connectivity index (χ2n) is 7.48. The lowest BCUT2D eigenvalue weighted by molar-refractivity contribution is 0.0680. The van der Waals surface area contributed by atoms with Crippen molar-refractivity contribution >= 4 is 5.91 Å². The Morgan fingerprint density at radius 3 is 2.74 bits per heavy atom. The van der Waals surface area contributed by atoms with Gasteiger partial charge in [-0.2, -0.15) is 0 Å². The molecule has 0 saturated carbocycles. The van der Waals surface area contributed by atoms with Crippen molar-refractivity contribution < 1.29 is 13.9 Å². The van der Waals surface area contributed by atoms with Crippen LogP contribution in [0.3, 0.4) is 0 Å². The summed E-state index contributed by atoms with van der Waals surface area (Å²) in [6.45, 7) is 5.47. The summed E-state index contributed by atoms with van der Waals surface area (Å²) in [7, 11) is 0. The topological polar surface area (TPSA) is 32.8 Å². The molecule has 1 saturated heterocycles. The van der Waals surface area contributed by atoms with Gasteiger partial charge < -0.3 is 9.64 Å². The van der Waals surface area contributed by atoms with Gasteiger partial charge in [0.15, 0.2) is 0 Å². The molecule has 0 bridgehead atoms. The first-order valence-corrected chi connectivity index (χ1v) is 9.63. The third-order valence-corrected chi connectivity index (χ3v) is 5.59. The van der Waals surface area contributed by atoms with Crippen molar-refractivity contribution in [3.05, 3.63) is 65.5 Å². The predicted molar refractivity (Wildman–Crippen MR) is 103 cm³/mol. The summed E-state index contributed by atoms with van der Waals surface area (Å²) >= 11 is 0. The van der Waals surface area contributed by atoms with Gasteiger partial charge in [-0.05, 0) is 55.7 Å². The van der Waals surface area contributed by atoms with E-state index < -0.39 is 0 Å². The van der Waals surface area contributed by atoms with Crippen LogP contribution in [-0.2, 0) is 6.42 Å². The molecule has 0 spiro atoms. The van der Waals surface area contributed by atoms with Crippen molar-refractivity contribution in [1.29, 1.82) is 0 Å². The summed E-state index contributed by atoms with van der Waals surface area (Å²) in [5.74, 6) is 0.595. The van der Waals surface area contributed by atoms with Gasteiger partial charge in [0.05, 0.1) is 0 Å². The number of hydrogen-bond acceptors (Lipinski definition) is 3. The van der Waals surface area contributed by atoms with Gasteiger partial charge in [0, 0.05) is 37.8 Å². The van der Waals surface area contributed by atoms with Gasteiger partial charge in [-0.15, -0.1) is 0 Å². The molecule has 0 N–H and O–H groups in total. The molecule has 5 heteroatoms. The molecular weight excluding hydrogens is 343 g/mol. The van der Waals surface area contributed by atoms with Crippen molar-refractivity contribution in [3.63, 3.8) is 0 Å². The average molecular weight is 368 g/mol. The molecule has 0 radical (unpaired) electrons. The smallest absolute Gasteiger partial charge is 0.254 e. The average Bonchev–Trinajstić information content (AvgIpc) is 3.15. The number of fused-ring (bicyclic) bond motifs is 1. The Morgan fingerprint density at radius 2 is 1.93 bits per heavy atom. The van der Waals surface area contributed by atoms with Gasteiger partial charge in [0.25, 0.3) is 5.91 Å². The molecule has 2 heterocycles. The molecule has 142 valence electrons. The fraction of sp³-hybridized carbons (Fsp3) is 0.409. The molecule has 2 aliphatic rings. The van der Waals surface area contributed by atoms with E-state index in [-0.39, 0.29) is 23.9 Å². The van der Waals surface area contributed by atoms with Gasteiger partial charge in [0.2, 0.25) is 0 Å². The molecule has 4 rings (SSSR count). The lowest BCUT2D eigenvalue weighted by Crippen LogP contribution is -2.46. The molecule has 0 aromatic heterocycles. The summed E-state index contributed by atoms with van der Waals surface area (Å²) in [5.41, 5.74) is 2.00. The minimum absolute atomic E-state index is 0.107. The number of ether oxygens (including phenoxy) is 1. The largest absolute Gasteiger partial charge is 0.489 e. The maximum atomic E-state index is 13.0. The Balaban J connectivity index is 1.32. The molecule has 2 atom stereocenters. The number of halogens is 1. The summed E-state index contributed by atoms with van der Waals surface area (Å²) in [5, 5.41) is 0. The Bertz CT molecular complexity index is 808. The van der Waals surface area contributed by atoms with Crippen LogP contribution in [0, 0.1) is 5.82 Å². The molecule has 1 fully saturated rings. The van der Waals surface area contributed by atoms with E-state index in [1.54, 1.807) is 12.1 Å². The zero-order valence-corrected chi connectivity index (χ0v) is 15.6. The fourth-order valence-corrected chi connectivity index (χ4v) is 4.04. The van der Waals surface area contributed by atoms with Crippen LogP contribution in [0.2, 0.25) is 0 Å². The molecule has 2 aromatic rings. The molecule has 0 aliphatic carbocycles. The second-order valence-corrected chi connectivity index (χ2v) is 7.48. The van der Waals surface area contributed by atoms with Crippen LogP contribution < -0.4 is 4.74 Å². The molecule has 1 unspecified atom stereocenters. The molecule has 27 heavy (non-hydrogen) atoms. The highest BCUT2D eigenvalue weighted by atomic mass is 19.1. The zero-order valence-electron chi connectivity index (χ0n) is 15.6. The van der Waals surface area contributed by atoms with E-state index in [1.807, 2.05) is 29.2 Å². The number of rotatable bonds is 5. The first kappa shape index (κ1) is 18.0. The quantitative estimate of drug-likeness (QED) is 0.811. The minimum Gasteiger partial charge on any atom is -0.489 e. The van der Waals surface area contributed by atoms with E-state index in [2.05, 4.69) is 11.8 Å². The summed E-state index contributed by atoms with van der Waals surface area (Å²) in [4.78, 5) is 17.1. The molecular formula is C22H25FN2O2. The first-order chi connectivity index (χ1) is 13.1. The minimum atomic E-state index is -0.253. The molecule has 2 aliphatic heterocycles. The fourth-order valence-electron chi connectivity index (χ4n) is 4.04. The Morgan fingerprint density at radius 1 is 1.15 bits per heavy atom. The molecule has 2 aromatic carbocycles. The Kier molecular flexibility index (Phi) is 5.12. The van der Waals surface area contributed by atoms with Crippen LogP contribution in [0.4, 0.5) is 4.39 Å². The summed E-state index contributed by atoms with van der Waals surface area (Å²) < 4.78 is 19.0. The number of carbonyl (C=O) groups excluding carboxylic acids is 1. The molecule has 1 amide bonds. The lowest BCUT2D eigenvalue weighted by Gasteiger charge is -2.34. The van der Waals surface area contributed by atoms with Crippen LogP contribution in [0.25, 0.3) is 0 Å². The van der Waals surface area contributed by atoms with Crippen LogP contribution in [0.15, 0.2) is 48.5 Å². The number of carbonyl (C=O) groups is 1. The van der Waals surface area contributed by atoms with Crippen LogP contribution in [-0.4, -0.2) is 54.0 Å². The predicted octanol–water partition coefficient (Wildman–Crippen LogP) is 3.37. The number of nitrogens with zero attached hydrogens (tertiary/aromatic N) is 2. The van der Waals surface area contributed by atoms with Gasteiger partial charge in [0.1, 0.15) is 17.7 Å². The summed E-state index contributed by atoms with van der Waals surface area (Å²) in [6, 6.07) is 14.4. The lowest BCUT2D eigenvalue weighted by atomic mass is 9.99. The third-order valence-electron chi connectivity index (χ3n) is 5.59. The SMILES string of the molecule is CC(CN1CCc2ccccc2C1=O)N1CC[C@@H](Oc2ccc(F)cc2)C1. The van der Waals surface area contributed by atoms with Crippen LogP contribution in [0.1, 0.15) is 29.3 Å². The Labute approximate surface area is 159 Å². The van der Waals surface area contributed by atoms with E-state index >= 15 is 0 Å². The second kappa shape index (κ2) is 7.69. The third kappa shape index (κ3) is 3.98. The highest BCUT2D eigenvalue weighted by molar-refractivity contribution is 5.96. The highest BCUT2D eigenvalue weighted by Gasteiger charge is 2.31. The number of likely N-dealkylation sites (tertiary alicyclic amines) is 1. The van der Waals surface area contributed by atoms with Crippen LogP contribution in [0.5, 0.6) is 5.75 Å². The summed E-state index contributed by atoms with van der Waals surface area (Å²) in [6.07, 6.45) is 1.97. The Hall–Kier alpha value is -2.40.